The van der Waals surface area contributed by atoms with Gasteiger partial charge in [0.25, 0.3) is 15.9 Å². The first kappa shape index (κ1) is 16.5. The van der Waals surface area contributed by atoms with E-state index >= 15 is 0 Å². The number of methoxy groups -OCH3 is 1. The average molecular weight is 331 g/mol. The smallest absolute Gasteiger partial charge is 0.266 e. The van der Waals surface area contributed by atoms with Gasteiger partial charge in [-0.3, -0.25) is 10.2 Å². The van der Waals surface area contributed by atoms with Crippen molar-refractivity contribution in [1.82, 2.24) is 10.3 Å². The van der Waals surface area contributed by atoms with Crippen LogP contribution in [0, 0.1) is 11.3 Å². The van der Waals surface area contributed by atoms with Crippen molar-refractivity contribution in [2.75, 3.05) is 7.11 Å². The Morgan fingerprint density at radius 3 is 2.22 bits per heavy atom. The third-order valence-electron chi connectivity index (χ3n) is 2.94. The molecule has 23 heavy (non-hydrogen) atoms. The maximum absolute atomic E-state index is 12.0. The molecule has 0 aliphatic heterocycles. The Hall–Kier alpha value is -2.89. The lowest BCUT2D eigenvalue weighted by molar-refractivity contribution is 0.0945. The third-order valence-corrected chi connectivity index (χ3v) is 4.21. The van der Waals surface area contributed by atoms with E-state index in [1.165, 1.54) is 43.5 Å². The summed E-state index contributed by atoms with van der Waals surface area (Å²) in [7, 11) is -2.42. The summed E-state index contributed by atoms with van der Waals surface area (Å²) in [6.07, 6.45) is 0. The molecule has 2 aromatic carbocycles. The van der Waals surface area contributed by atoms with Gasteiger partial charge in [-0.15, -0.1) is 4.83 Å². The average Bonchev–Trinajstić information content (AvgIpc) is 2.60. The molecule has 2 rings (SSSR count). The second kappa shape index (κ2) is 6.91. The molecule has 0 fully saturated rings. The lowest BCUT2D eigenvalue weighted by Gasteiger charge is -2.09. The monoisotopic (exact) mass is 331 g/mol. The molecule has 0 spiro atoms. The van der Waals surface area contributed by atoms with Gasteiger partial charge < -0.3 is 4.74 Å². The molecule has 0 radical (unpaired) electrons. The summed E-state index contributed by atoms with van der Waals surface area (Å²) in [5.74, 6) is -0.0235. The van der Waals surface area contributed by atoms with Gasteiger partial charge in [0.2, 0.25) is 0 Å². The molecule has 2 N–H and O–H groups in total. The Kier molecular flexibility index (Phi) is 4.95. The predicted octanol–water partition coefficient (Wildman–Crippen LogP) is 1.19. The molecule has 8 heteroatoms. The quantitative estimate of drug-likeness (QED) is 0.800. The summed E-state index contributed by atoms with van der Waals surface area (Å²) >= 11 is 0. The van der Waals surface area contributed by atoms with Crippen LogP contribution in [0.2, 0.25) is 0 Å². The topological polar surface area (TPSA) is 108 Å². The standard InChI is InChI=1S/C15H13N3O4S/c1-22-13-6-4-12(5-7-13)15(19)17-18-23(20,21)14-8-2-11(10-16)3-9-14/h2-9,18H,1H3,(H,17,19). The zero-order valence-corrected chi connectivity index (χ0v) is 12.9. The van der Waals surface area contributed by atoms with E-state index in [1.807, 2.05) is 10.9 Å². The largest absolute Gasteiger partial charge is 0.497 e. The number of nitrogens with zero attached hydrogens (tertiary/aromatic N) is 1. The fourth-order valence-corrected chi connectivity index (χ4v) is 2.53. The van der Waals surface area contributed by atoms with Gasteiger partial charge in [-0.25, -0.2) is 8.42 Å². The first-order valence-electron chi connectivity index (χ1n) is 6.42. The first-order chi connectivity index (χ1) is 11.0. The minimum atomic E-state index is -3.92. The number of carbonyl (C=O) groups excluding carboxylic acids is 1. The fourth-order valence-electron chi connectivity index (χ4n) is 1.70. The molecule has 0 unspecified atom stereocenters. The maximum Gasteiger partial charge on any atom is 0.266 e. The van der Waals surface area contributed by atoms with Gasteiger partial charge in [-0.05, 0) is 48.5 Å². The molecule has 2 aromatic rings. The highest BCUT2D eigenvalue weighted by atomic mass is 32.2. The van der Waals surface area contributed by atoms with Crippen LogP contribution in [0.5, 0.6) is 5.75 Å². The van der Waals surface area contributed by atoms with Crippen LogP contribution in [0.3, 0.4) is 0 Å². The Morgan fingerprint density at radius 1 is 1.09 bits per heavy atom. The van der Waals surface area contributed by atoms with Gasteiger partial charge in [0.15, 0.2) is 0 Å². The lowest BCUT2D eigenvalue weighted by Crippen LogP contribution is -2.41. The SMILES string of the molecule is COc1ccc(C(=O)NNS(=O)(=O)c2ccc(C#N)cc2)cc1. The van der Waals surface area contributed by atoms with Gasteiger partial charge >= 0.3 is 0 Å². The second-order valence-corrected chi connectivity index (χ2v) is 6.11. The maximum atomic E-state index is 12.0. The minimum Gasteiger partial charge on any atom is -0.497 e. The number of hydrazine groups is 1. The number of hydrogen-bond acceptors (Lipinski definition) is 5. The molecule has 118 valence electrons. The third kappa shape index (κ3) is 4.06. The van der Waals surface area contributed by atoms with Crippen LogP contribution in [-0.2, 0) is 10.0 Å². The molecular formula is C15H13N3O4S. The number of hydrogen-bond donors (Lipinski definition) is 2. The molecule has 0 aromatic heterocycles. The molecule has 0 saturated carbocycles. The molecule has 0 aliphatic rings. The van der Waals surface area contributed by atoms with Crippen molar-refractivity contribution in [2.45, 2.75) is 4.90 Å². The predicted molar refractivity (Wildman–Crippen MR) is 81.9 cm³/mol. The van der Waals surface area contributed by atoms with E-state index in [1.54, 1.807) is 12.1 Å². The highest BCUT2D eigenvalue weighted by molar-refractivity contribution is 7.89. The van der Waals surface area contributed by atoms with Crippen LogP contribution in [0.25, 0.3) is 0 Å². The Labute approximate surface area is 133 Å². The van der Waals surface area contributed by atoms with E-state index in [0.717, 1.165) is 0 Å². The number of amides is 1. The van der Waals surface area contributed by atoms with Crippen LogP contribution in [-0.4, -0.2) is 21.4 Å². The number of carbonyl (C=O) groups is 1. The van der Waals surface area contributed by atoms with Gasteiger partial charge in [0.05, 0.1) is 23.6 Å². The zero-order valence-electron chi connectivity index (χ0n) is 12.1. The summed E-state index contributed by atoms with van der Waals surface area (Å²) in [6.45, 7) is 0. The van der Waals surface area contributed by atoms with E-state index in [0.29, 0.717) is 11.3 Å². The number of ether oxygens (including phenoxy) is 1. The van der Waals surface area contributed by atoms with Crippen molar-refractivity contribution in [3.63, 3.8) is 0 Å². The van der Waals surface area contributed by atoms with Gasteiger partial charge in [-0.2, -0.15) is 5.26 Å². The molecule has 1 amide bonds. The van der Waals surface area contributed by atoms with E-state index in [-0.39, 0.29) is 10.5 Å². The molecule has 7 nitrogen and oxygen atoms in total. The minimum absolute atomic E-state index is 0.0634. The van der Waals surface area contributed by atoms with Crippen molar-refractivity contribution in [2.24, 2.45) is 0 Å². The second-order valence-electron chi connectivity index (χ2n) is 4.42. The highest BCUT2D eigenvalue weighted by Gasteiger charge is 2.15. The van der Waals surface area contributed by atoms with Crippen molar-refractivity contribution < 1.29 is 17.9 Å². The number of nitriles is 1. The number of nitrogens with one attached hydrogen (secondary N) is 2. The fraction of sp³-hybridized carbons (Fsp3) is 0.0667. The molecule has 0 bridgehead atoms. The summed E-state index contributed by atoms with van der Waals surface area (Å²) in [5.41, 5.74) is 2.73. The highest BCUT2D eigenvalue weighted by Crippen LogP contribution is 2.12. The molecule has 0 atom stereocenters. The number of benzene rings is 2. The van der Waals surface area contributed by atoms with Crippen molar-refractivity contribution in [3.05, 3.63) is 59.7 Å². The van der Waals surface area contributed by atoms with Crippen LogP contribution < -0.4 is 15.0 Å². The van der Waals surface area contributed by atoms with E-state index in [4.69, 9.17) is 10.00 Å². The Balaban J connectivity index is 2.05. The van der Waals surface area contributed by atoms with Crippen LogP contribution in [0.4, 0.5) is 0 Å². The van der Waals surface area contributed by atoms with Crippen LogP contribution in [0.15, 0.2) is 53.4 Å². The molecule has 0 heterocycles. The summed E-state index contributed by atoms with van der Waals surface area (Å²) in [6, 6.07) is 13.4. The lowest BCUT2D eigenvalue weighted by atomic mass is 10.2. The van der Waals surface area contributed by atoms with Gasteiger partial charge in [0, 0.05) is 5.56 Å². The normalized spacial score (nSPS) is 10.6. The summed E-state index contributed by atoms with van der Waals surface area (Å²) < 4.78 is 29.1. The van der Waals surface area contributed by atoms with E-state index < -0.39 is 15.9 Å². The van der Waals surface area contributed by atoms with Crippen molar-refractivity contribution in [3.8, 4) is 11.8 Å². The van der Waals surface area contributed by atoms with Crippen molar-refractivity contribution >= 4 is 15.9 Å². The summed E-state index contributed by atoms with van der Waals surface area (Å²) in [4.78, 5) is 13.8. The van der Waals surface area contributed by atoms with E-state index in [9.17, 15) is 13.2 Å². The Bertz CT molecular complexity index is 838. The van der Waals surface area contributed by atoms with E-state index in [2.05, 4.69) is 5.43 Å². The zero-order chi connectivity index (χ0) is 16.9. The van der Waals surface area contributed by atoms with Crippen molar-refractivity contribution in [1.29, 1.82) is 5.26 Å². The van der Waals surface area contributed by atoms with Crippen LogP contribution in [0.1, 0.15) is 15.9 Å². The molecular weight excluding hydrogens is 318 g/mol. The number of sulfonamides is 1. The van der Waals surface area contributed by atoms with Gasteiger partial charge in [0.1, 0.15) is 5.75 Å². The summed E-state index contributed by atoms with van der Waals surface area (Å²) in [5, 5.41) is 8.69. The molecule has 0 saturated heterocycles. The van der Waals surface area contributed by atoms with Crippen LogP contribution >= 0.6 is 0 Å². The Morgan fingerprint density at radius 2 is 1.70 bits per heavy atom. The number of rotatable bonds is 5. The van der Waals surface area contributed by atoms with Gasteiger partial charge in [-0.1, -0.05) is 0 Å². The molecule has 0 aliphatic carbocycles. The first-order valence-corrected chi connectivity index (χ1v) is 7.91.